The molecule has 0 radical (unpaired) electrons. The van der Waals surface area contributed by atoms with E-state index >= 15 is 0 Å². The van der Waals surface area contributed by atoms with E-state index in [9.17, 15) is 4.79 Å². The number of fused-ring (bicyclic) bond motifs is 1. The Hall–Kier alpha value is -3.39. The first-order valence-electron chi connectivity index (χ1n) is 11.2. The van der Waals surface area contributed by atoms with Gasteiger partial charge in [-0.05, 0) is 78.6 Å². The first-order valence-corrected chi connectivity index (χ1v) is 12.0. The fourth-order valence-electron chi connectivity index (χ4n) is 3.41. The molecule has 0 aromatic heterocycles. The van der Waals surface area contributed by atoms with Crippen LogP contribution in [0.4, 0.5) is 0 Å². The molecule has 2 heterocycles. The number of amidine groups is 2. The van der Waals surface area contributed by atoms with Gasteiger partial charge in [0.15, 0.2) is 5.84 Å². The van der Waals surface area contributed by atoms with Gasteiger partial charge in [0.1, 0.15) is 29.8 Å². The highest BCUT2D eigenvalue weighted by atomic mass is 32.2. The van der Waals surface area contributed by atoms with Crippen molar-refractivity contribution in [3.63, 3.8) is 0 Å². The number of benzene rings is 2. The van der Waals surface area contributed by atoms with Crippen LogP contribution in [-0.2, 0) is 4.79 Å². The number of aryl methyl sites for hydroxylation is 2. The van der Waals surface area contributed by atoms with Gasteiger partial charge >= 0.3 is 0 Å². The molecule has 2 aliphatic rings. The summed E-state index contributed by atoms with van der Waals surface area (Å²) in [4.78, 5) is 16.7. The van der Waals surface area contributed by atoms with Crippen LogP contribution in [0.5, 0.6) is 11.5 Å². The quantitative estimate of drug-likeness (QED) is 0.406. The molecule has 176 valence electrons. The van der Waals surface area contributed by atoms with Crippen molar-refractivity contribution in [2.45, 2.75) is 34.1 Å². The largest absolute Gasteiger partial charge is 0.490 e. The summed E-state index contributed by atoms with van der Waals surface area (Å²) in [5.74, 6) is 1.59. The molecule has 0 aliphatic carbocycles. The molecule has 0 bridgehead atoms. The normalized spacial score (nSPS) is 16.6. The van der Waals surface area contributed by atoms with E-state index in [4.69, 9.17) is 14.9 Å². The van der Waals surface area contributed by atoms with Crippen LogP contribution in [0.25, 0.3) is 6.08 Å². The van der Waals surface area contributed by atoms with Crippen LogP contribution in [0.3, 0.4) is 0 Å². The number of thioether (sulfide) groups is 1. The van der Waals surface area contributed by atoms with E-state index in [0.717, 1.165) is 22.8 Å². The molecule has 8 heteroatoms. The van der Waals surface area contributed by atoms with Gasteiger partial charge in [0.05, 0.1) is 5.57 Å². The smallest absolute Gasteiger partial charge is 0.283 e. The number of hydrogen-bond acceptors (Lipinski definition) is 6. The predicted molar refractivity (Wildman–Crippen MR) is 138 cm³/mol. The summed E-state index contributed by atoms with van der Waals surface area (Å²) in [5.41, 5.74) is 3.43. The highest BCUT2D eigenvalue weighted by Gasteiger charge is 2.35. The molecule has 0 saturated heterocycles. The summed E-state index contributed by atoms with van der Waals surface area (Å²) >= 11 is 1.36. The van der Waals surface area contributed by atoms with Crippen molar-refractivity contribution < 1.29 is 14.3 Å². The van der Waals surface area contributed by atoms with Crippen LogP contribution in [-0.4, -0.2) is 40.2 Å². The fourth-order valence-corrected chi connectivity index (χ4v) is 4.51. The molecular weight excluding hydrogens is 448 g/mol. The number of rotatable bonds is 8. The lowest BCUT2D eigenvalue weighted by atomic mass is 10.1. The van der Waals surface area contributed by atoms with E-state index < -0.39 is 5.91 Å². The van der Waals surface area contributed by atoms with E-state index in [1.807, 2.05) is 42.5 Å². The van der Waals surface area contributed by atoms with Gasteiger partial charge in [-0.2, -0.15) is 15.1 Å². The Bertz CT molecular complexity index is 1200. The highest BCUT2D eigenvalue weighted by Crippen LogP contribution is 2.30. The molecule has 0 spiro atoms. The number of aliphatic imine (C=N–C) groups is 1. The fraction of sp³-hybridized carbons (Fsp3) is 0.308. The maximum atomic E-state index is 12.6. The van der Waals surface area contributed by atoms with E-state index in [1.165, 1.54) is 27.9 Å². The zero-order valence-corrected chi connectivity index (χ0v) is 20.6. The Morgan fingerprint density at radius 1 is 1.03 bits per heavy atom. The molecule has 1 amide bonds. The highest BCUT2D eigenvalue weighted by molar-refractivity contribution is 8.26. The molecule has 7 nitrogen and oxygen atoms in total. The van der Waals surface area contributed by atoms with E-state index in [2.05, 4.69) is 37.8 Å². The molecule has 2 aliphatic heterocycles. The van der Waals surface area contributed by atoms with Gasteiger partial charge in [0.25, 0.3) is 5.91 Å². The molecule has 4 rings (SSSR count). The zero-order valence-electron chi connectivity index (χ0n) is 19.8. The lowest BCUT2D eigenvalue weighted by molar-refractivity contribution is -0.114. The summed E-state index contributed by atoms with van der Waals surface area (Å²) in [5, 5.41) is 15.7. The molecule has 2 aromatic carbocycles. The van der Waals surface area contributed by atoms with Crippen molar-refractivity contribution in [2.24, 2.45) is 16.0 Å². The SMILES string of the molecule is Cc1ccc(OCCOc2ccc(C=C3C(=N)N4N=C(CC(C)C)SC4=NC3=O)cc2)cc1C. The average molecular weight is 477 g/mol. The third-order valence-electron chi connectivity index (χ3n) is 5.37. The number of ether oxygens (including phenoxy) is 2. The Balaban J connectivity index is 1.35. The van der Waals surface area contributed by atoms with E-state index in [0.29, 0.717) is 30.0 Å². The Labute approximate surface area is 204 Å². The maximum absolute atomic E-state index is 12.6. The number of nitrogens with zero attached hydrogens (tertiary/aromatic N) is 3. The van der Waals surface area contributed by atoms with Crippen LogP contribution in [0.15, 0.2) is 58.1 Å². The predicted octanol–water partition coefficient (Wildman–Crippen LogP) is 5.43. The van der Waals surface area contributed by atoms with Crippen molar-refractivity contribution in [3.8, 4) is 11.5 Å². The van der Waals surface area contributed by atoms with Gasteiger partial charge in [-0.1, -0.05) is 32.0 Å². The minimum atomic E-state index is -0.423. The van der Waals surface area contributed by atoms with Crippen LogP contribution in [0, 0.1) is 25.2 Å². The summed E-state index contributed by atoms with van der Waals surface area (Å²) in [6, 6.07) is 13.4. The van der Waals surface area contributed by atoms with E-state index in [-0.39, 0.29) is 11.4 Å². The second-order valence-electron chi connectivity index (χ2n) is 8.62. The van der Waals surface area contributed by atoms with Crippen molar-refractivity contribution in [3.05, 3.63) is 64.7 Å². The minimum Gasteiger partial charge on any atom is -0.490 e. The number of carbonyl (C=O) groups is 1. The monoisotopic (exact) mass is 476 g/mol. The molecule has 0 saturated carbocycles. The number of nitrogens with one attached hydrogen (secondary N) is 1. The maximum Gasteiger partial charge on any atom is 0.283 e. The van der Waals surface area contributed by atoms with Gasteiger partial charge in [-0.3, -0.25) is 10.2 Å². The summed E-state index contributed by atoms with van der Waals surface area (Å²) < 4.78 is 11.5. The van der Waals surface area contributed by atoms with Crippen LogP contribution >= 0.6 is 11.8 Å². The third-order valence-corrected chi connectivity index (χ3v) is 6.30. The second kappa shape index (κ2) is 10.3. The second-order valence-corrected chi connectivity index (χ2v) is 9.66. The summed E-state index contributed by atoms with van der Waals surface area (Å²) in [7, 11) is 0. The van der Waals surface area contributed by atoms with Crippen LogP contribution in [0.1, 0.15) is 37.0 Å². The lowest BCUT2D eigenvalue weighted by Crippen LogP contribution is -2.35. The molecule has 0 fully saturated rings. The lowest BCUT2D eigenvalue weighted by Gasteiger charge is -2.20. The van der Waals surface area contributed by atoms with Gasteiger partial charge in [-0.25, -0.2) is 0 Å². The molecule has 2 aromatic rings. The molecular formula is C26H28N4O3S. The van der Waals surface area contributed by atoms with Gasteiger partial charge < -0.3 is 9.47 Å². The standard InChI is InChI=1S/C26H28N4O3S/c1-16(2)13-23-29-30-24(27)22(25(31)28-26(30)34-23)15-19-6-9-20(10-7-19)32-11-12-33-21-8-5-17(3)18(4)14-21/h5-10,14-16,27H,11-13H2,1-4H3. The van der Waals surface area contributed by atoms with Crippen molar-refractivity contribution in [1.82, 2.24) is 5.01 Å². The number of carbonyl (C=O) groups excluding carboxylic acids is 1. The Kier molecular flexibility index (Phi) is 7.17. The zero-order chi connectivity index (χ0) is 24.2. The molecule has 34 heavy (non-hydrogen) atoms. The van der Waals surface area contributed by atoms with E-state index in [1.54, 1.807) is 6.08 Å². The van der Waals surface area contributed by atoms with Crippen LogP contribution < -0.4 is 9.47 Å². The molecule has 0 unspecified atom stereocenters. The first-order chi connectivity index (χ1) is 16.3. The third kappa shape index (κ3) is 5.56. The Morgan fingerprint density at radius 3 is 2.38 bits per heavy atom. The number of amides is 1. The van der Waals surface area contributed by atoms with Crippen molar-refractivity contribution >= 4 is 39.8 Å². The van der Waals surface area contributed by atoms with Crippen molar-refractivity contribution in [2.75, 3.05) is 13.2 Å². The summed E-state index contributed by atoms with van der Waals surface area (Å²) in [6.07, 6.45) is 2.45. The van der Waals surface area contributed by atoms with Crippen molar-refractivity contribution in [1.29, 1.82) is 5.41 Å². The van der Waals surface area contributed by atoms with Crippen LogP contribution in [0.2, 0.25) is 0 Å². The van der Waals surface area contributed by atoms with Gasteiger partial charge in [0, 0.05) is 6.42 Å². The number of hydrogen-bond donors (Lipinski definition) is 1. The van der Waals surface area contributed by atoms with Gasteiger partial charge in [-0.15, -0.1) is 0 Å². The average Bonchev–Trinajstić information content (AvgIpc) is 3.19. The summed E-state index contributed by atoms with van der Waals surface area (Å²) in [6.45, 7) is 9.20. The number of hydrazone groups is 1. The molecule has 1 N–H and O–H groups in total. The van der Waals surface area contributed by atoms with Gasteiger partial charge in [0.2, 0.25) is 5.17 Å². The Morgan fingerprint density at radius 2 is 1.71 bits per heavy atom. The topological polar surface area (TPSA) is 87.3 Å². The first kappa shape index (κ1) is 23.8. The minimum absolute atomic E-state index is 0.0464. The molecule has 0 atom stereocenters.